The van der Waals surface area contributed by atoms with Crippen LogP contribution in [0.4, 0.5) is 15.9 Å². The molecule has 1 aromatic heterocycles. The van der Waals surface area contributed by atoms with E-state index in [9.17, 15) is 29.2 Å². The summed E-state index contributed by atoms with van der Waals surface area (Å²) in [5.41, 5.74) is 4.71. The summed E-state index contributed by atoms with van der Waals surface area (Å²) in [6, 6.07) is 9.17. The molecule has 1 atom stereocenters. The smallest absolute Gasteiger partial charge is 0.262 e. The van der Waals surface area contributed by atoms with Crippen LogP contribution in [0.25, 0.3) is 0 Å². The molecule has 1 saturated carbocycles. The van der Waals surface area contributed by atoms with Crippen LogP contribution in [-0.4, -0.2) is 147 Å². The maximum atomic E-state index is 16.0. The van der Waals surface area contributed by atoms with Gasteiger partial charge in [-0.3, -0.25) is 38.7 Å². The highest BCUT2D eigenvalue weighted by Gasteiger charge is 2.68. The Bertz CT molecular complexity index is 2500. The molecule has 2 N–H and O–H groups in total. The molecular weight excluding hydrogens is 899 g/mol. The Labute approximate surface area is 400 Å². The fourth-order valence-corrected chi connectivity index (χ4v) is 11.4. The maximum absolute atomic E-state index is 16.0. The Kier molecular flexibility index (Phi) is 14.0. The monoisotopic (exact) mass is 956 g/mol. The van der Waals surface area contributed by atoms with Gasteiger partial charge in [0.2, 0.25) is 5.91 Å². The van der Waals surface area contributed by atoms with Crippen LogP contribution in [-0.2, 0) is 19.1 Å². The van der Waals surface area contributed by atoms with Crippen LogP contribution < -0.4 is 25.0 Å². The first-order valence-electron chi connectivity index (χ1n) is 23.1. The number of nitrogens with zero attached hydrogens (tertiary/aromatic N) is 7. The molecule has 8 rings (SSSR count). The third-order valence-corrected chi connectivity index (χ3v) is 14.6. The second-order valence-electron chi connectivity index (χ2n) is 19.4. The molecule has 5 heterocycles. The number of halogens is 2. The number of ether oxygens (including phenoxy) is 4. The van der Waals surface area contributed by atoms with E-state index < -0.39 is 64.4 Å². The first kappa shape index (κ1) is 48.6. The normalized spacial score (nSPS) is 22.8. The number of pyridine rings is 1. The molecule has 4 fully saturated rings. The number of aromatic nitrogens is 1. The minimum absolute atomic E-state index is 0.0279. The van der Waals surface area contributed by atoms with Crippen molar-refractivity contribution < 1.29 is 47.3 Å². The number of amides is 5. The lowest BCUT2D eigenvalue weighted by Crippen LogP contribution is -2.77. The lowest BCUT2D eigenvalue weighted by molar-refractivity contribution is -0.216. The van der Waals surface area contributed by atoms with Gasteiger partial charge in [0.05, 0.1) is 58.8 Å². The maximum Gasteiger partial charge on any atom is 0.262 e. The number of piperidine rings is 2. The van der Waals surface area contributed by atoms with E-state index in [0.717, 1.165) is 43.4 Å². The zero-order chi connectivity index (χ0) is 48.7. The number of rotatable bonds is 16. The number of hydrogen-bond donors (Lipinski definition) is 1. The summed E-state index contributed by atoms with van der Waals surface area (Å²) >= 11 is 6.28. The van der Waals surface area contributed by atoms with E-state index in [4.69, 9.17) is 36.3 Å². The van der Waals surface area contributed by atoms with Crippen molar-refractivity contribution in [2.24, 2.45) is 22.5 Å². The van der Waals surface area contributed by atoms with Crippen molar-refractivity contribution in [1.82, 2.24) is 19.7 Å². The topological polar surface area (TPSA) is 201 Å². The Hall–Kier alpha value is -5.87. The molecule has 5 aliphatic rings. The third-order valence-electron chi connectivity index (χ3n) is 14.3. The third kappa shape index (κ3) is 9.20. The molecule has 3 aromatic rings. The molecule has 19 heteroatoms. The first-order valence-corrected chi connectivity index (χ1v) is 23.5. The summed E-state index contributed by atoms with van der Waals surface area (Å²) in [4.78, 5) is 81.3. The zero-order valence-corrected chi connectivity index (χ0v) is 39.9. The lowest BCUT2D eigenvalue weighted by atomic mass is 9.48. The fourth-order valence-electron chi connectivity index (χ4n) is 11.2. The van der Waals surface area contributed by atoms with Gasteiger partial charge >= 0.3 is 0 Å². The highest BCUT2D eigenvalue weighted by Crippen LogP contribution is 2.58. The molecule has 17 nitrogen and oxygen atoms in total. The number of hydrogen-bond acceptors (Lipinski definition) is 14. The molecule has 5 amide bonds. The number of carbonyl (C=O) groups is 5. The SMILES string of the molecule is COCCOCCOc1cc(N2CCC(CN3CCN(c4cc5c(cc4F)C(=O)N(C4CCC(=O)N(C6C(C)(C)C(Oc7ccc(C#N)c(Cl)c7)C6(C)C)C4=O)C5=O)CC3)CC2)ncc1C(N)=O. The van der Waals surface area contributed by atoms with Crippen molar-refractivity contribution in [3.8, 4) is 17.6 Å². The van der Waals surface area contributed by atoms with Crippen LogP contribution in [0.5, 0.6) is 11.5 Å². The van der Waals surface area contributed by atoms with Crippen LogP contribution in [0.2, 0.25) is 5.02 Å². The molecule has 362 valence electrons. The van der Waals surface area contributed by atoms with Gasteiger partial charge in [-0.15, -0.1) is 0 Å². The van der Waals surface area contributed by atoms with Gasteiger partial charge in [-0.25, -0.2) is 9.37 Å². The Morgan fingerprint density at radius 3 is 2.21 bits per heavy atom. The van der Waals surface area contributed by atoms with Crippen molar-refractivity contribution in [2.45, 2.75) is 71.6 Å². The predicted molar refractivity (Wildman–Crippen MR) is 248 cm³/mol. The average molecular weight is 958 g/mol. The van der Waals surface area contributed by atoms with Crippen LogP contribution in [0, 0.1) is 33.9 Å². The van der Waals surface area contributed by atoms with Gasteiger partial charge in [0, 0.05) is 88.5 Å². The Morgan fingerprint density at radius 1 is 0.882 bits per heavy atom. The van der Waals surface area contributed by atoms with Crippen molar-refractivity contribution in [2.75, 3.05) is 89.2 Å². The minimum Gasteiger partial charge on any atom is -0.490 e. The molecule has 68 heavy (non-hydrogen) atoms. The number of benzene rings is 2. The number of imide groups is 2. The van der Waals surface area contributed by atoms with Gasteiger partial charge in [-0.05, 0) is 49.4 Å². The van der Waals surface area contributed by atoms with E-state index in [2.05, 4.69) is 14.8 Å². The number of primary amides is 1. The van der Waals surface area contributed by atoms with Gasteiger partial charge in [0.15, 0.2) is 0 Å². The molecule has 3 saturated heterocycles. The molecule has 0 bridgehead atoms. The number of nitrogens with two attached hydrogens (primary N) is 1. The standard InChI is InChI=1S/C49H58ClFN8O9/c1-48(2)46(49(3,4)47(48)68-31-7-6-30(26-52)35(50)22-31)59-41(60)9-8-37(45(59)64)58-43(62)32-23-36(51)38(24-33(32)44(58)63)56-16-14-55(15-17-56)28-29-10-12-57(13-11-29)40-25-39(34(27-54-40)42(53)61)67-21-20-66-19-18-65-5/h6-7,22-25,27,29,37,46-47H,8-21,28H2,1-5H3,(H2,53,61). The summed E-state index contributed by atoms with van der Waals surface area (Å²) in [6.07, 6.45) is 2.70. The summed E-state index contributed by atoms with van der Waals surface area (Å²) in [5.74, 6) is -1.86. The minimum atomic E-state index is -1.25. The van der Waals surface area contributed by atoms with E-state index in [1.807, 2.05) is 38.7 Å². The molecule has 4 aliphatic heterocycles. The number of fused-ring (bicyclic) bond motifs is 1. The highest BCUT2D eigenvalue weighted by molar-refractivity contribution is 6.31. The van der Waals surface area contributed by atoms with Crippen LogP contribution in [0.1, 0.15) is 90.0 Å². The van der Waals surface area contributed by atoms with Crippen LogP contribution >= 0.6 is 11.6 Å². The lowest BCUT2D eigenvalue weighted by Gasteiger charge is -2.65. The van der Waals surface area contributed by atoms with Crippen molar-refractivity contribution in [3.63, 3.8) is 0 Å². The Balaban J connectivity index is 0.864. The summed E-state index contributed by atoms with van der Waals surface area (Å²) in [5, 5.41) is 9.54. The number of anilines is 2. The van der Waals surface area contributed by atoms with Gasteiger partial charge in [-0.1, -0.05) is 39.3 Å². The van der Waals surface area contributed by atoms with E-state index in [0.29, 0.717) is 74.8 Å². The number of likely N-dealkylation sites (tertiary alicyclic amines) is 1. The highest BCUT2D eigenvalue weighted by atomic mass is 35.5. The number of nitriles is 1. The Morgan fingerprint density at radius 2 is 1.56 bits per heavy atom. The number of piperazine rings is 1. The van der Waals surface area contributed by atoms with E-state index in [1.54, 1.807) is 31.4 Å². The predicted octanol–water partition coefficient (Wildman–Crippen LogP) is 4.92. The van der Waals surface area contributed by atoms with Crippen molar-refractivity contribution in [1.29, 1.82) is 5.26 Å². The molecule has 0 radical (unpaired) electrons. The van der Waals surface area contributed by atoms with Crippen molar-refractivity contribution in [3.05, 3.63) is 75.7 Å². The molecule has 0 spiro atoms. The van der Waals surface area contributed by atoms with Gasteiger partial charge in [-0.2, -0.15) is 5.26 Å². The van der Waals surface area contributed by atoms with E-state index in [-0.39, 0.29) is 46.8 Å². The molecule has 2 aromatic carbocycles. The van der Waals surface area contributed by atoms with E-state index in [1.165, 1.54) is 17.2 Å². The summed E-state index contributed by atoms with van der Waals surface area (Å²) < 4.78 is 38.7. The zero-order valence-electron chi connectivity index (χ0n) is 39.1. The first-order chi connectivity index (χ1) is 32.5. The second-order valence-corrected chi connectivity index (χ2v) is 19.8. The van der Waals surface area contributed by atoms with Gasteiger partial charge in [0.25, 0.3) is 23.6 Å². The second kappa shape index (κ2) is 19.6. The quantitative estimate of drug-likeness (QED) is 0.150. The van der Waals surface area contributed by atoms with Crippen molar-refractivity contribution >= 4 is 52.6 Å². The number of carbonyl (C=O) groups excluding carboxylic acids is 5. The van der Waals surface area contributed by atoms with Crippen LogP contribution in [0.3, 0.4) is 0 Å². The largest absolute Gasteiger partial charge is 0.490 e. The average Bonchev–Trinajstić information content (AvgIpc) is 3.54. The fraction of sp³-hybridized carbons (Fsp3) is 0.531. The number of methoxy groups -OCH3 is 1. The summed E-state index contributed by atoms with van der Waals surface area (Å²) in [6.45, 7) is 13.8. The van der Waals surface area contributed by atoms with Gasteiger partial charge in [0.1, 0.15) is 48.0 Å². The van der Waals surface area contributed by atoms with Crippen LogP contribution in [0.15, 0.2) is 42.6 Å². The van der Waals surface area contributed by atoms with Gasteiger partial charge < -0.3 is 34.5 Å². The molecule has 1 unspecified atom stereocenters. The molecular formula is C49H58ClFN8O9. The summed E-state index contributed by atoms with van der Waals surface area (Å²) in [7, 11) is 1.60. The molecule has 1 aliphatic carbocycles. The van der Waals surface area contributed by atoms with E-state index >= 15 is 4.39 Å².